The molecule has 168 valence electrons. The molecule has 0 amide bonds. The van der Waals surface area contributed by atoms with Gasteiger partial charge in [-0.3, -0.25) is 0 Å². The predicted molar refractivity (Wildman–Crippen MR) is 114 cm³/mol. The molecular weight excluding hydrogens is 418 g/mol. The minimum atomic E-state index is -1.45. The molecule has 1 saturated heterocycles. The lowest BCUT2D eigenvalue weighted by molar-refractivity contribution is -0.146. The third kappa shape index (κ3) is 3.53. The van der Waals surface area contributed by atoms with Crippen LogP contribution in [0.25, 0.3) is 10.9 Å². The molecule has 8 heteroatoms. The zero-order valence-corrected chi connectivity index (χ0v) is 17.2. The van der Waals surface area contributed by atoms with Gasteiger partial charge in [-0.25, -0.2) is 13.8 Å². The number of aliphatic hydroxyl groups is 2. The fourth-order valence-corrected chi connectivity index (χ4v) is 4.95. The van der Waals surface area contributed by atoms with Gasteiger partial charge in [0.15, 0.2) is 17.9 Å². The molecule has 2 aliphatic rings. The summed E-state index contributed by atoms with van der Waals surface area (Å²) >= 11 is 0. The van der Waals surface area contributed by atoms with E-state index in [9.17, 15) is 14.6 Å². The smallest absolute Gasteiger partial charge is 0.184 e. The average molecular weight is 442 g/mol. The SMILES string of the molecule is Nc1nc2cc(C[C@H]3C4OC(O)[C@H](O)[C@@]4(OCc4ccccc4)C[C@@H]3F)ccc2cc1F. The fraction of sp³-hybridized carbons (Fsp3) is 0.375. The van der Waals surface area contributed by atoms with Crippen LogP contribution < -0.4 is 5.73 Å². The van der Waals surface area contributed by atoms with Gasteiger partial charge in [-0.2, -0.15) is 0 Å². The lowest BCUT2D eigenvalue weighted by Gasteiger charge is -2.32. The van der Waals surface area contributed by atoms with E-state index in [0.29, 0.717) is 10.9 Å². The Morgan fingerprint density at radius 2 is 1.91 bits per heavy atom. The molecule has 1 aliphatic heterocycles. The average Bonchev–Trinajstić information content (AvgIpc) is 3.18. The molecule has 2 heterocycles. The Labute approximate surface area is 183 Å². The van der Waals surface area contributed by atoms with Gasteiger partial charge < -0.3 is 25.4 Å². The largest absolute Gasteiger partial charge is 0.385 e. The maximum atomic E-state index is 15.3. The van der Waals surface area contributed by atoms with Gasteiger partial charge in [-0.05, 0) is 29.7 Å². The minimum absolute atomic E-state index is 0.0859. The van der Waals surface area contributed by atoms with Gasteiger partial charge >= 0.3 is 0 Å². The van der Waals surface area contributed by atoms with Crippen LogP contribution in [0.15, 0.2) is 54.6 Å². The highest BCUT2D eigenvalue weighted by Gasteiger charge is 2.66. The van der Waals surface area contributed by atoms with Gasteiger partial charge in [0.1, 0.15) is 17.9 Å². The van der Waals surface area contributed by atoms with E-state index in [2.05, 4.69) is 4.98 Å². The Bertz CT molecular complexity index is 1130. The van der Waals surface area contributed by atoms with E-state index in [0.717, 1.165) is 11.1 Å². The number of halogens is 2. The number of aliphatic hydroxyl groups excluding tert-OH is 2. The van der Waals surface area contributed by atoms with Crippen molar-refractivity contribution in [3.8, 4) is 0 Å². The fourth-order valence-electron chi connectivity index (χ4n) is 4.95. The molecule has 1 saturated carbocycles. The Morgan fingerprint density at radius 3 is 2.69 bits per heavy atom. The molecule has 4 N–H and O–H groups in total. The van der Waals surface area contributed by atoms with Crippen LogP contribution in [0, 0.1) is 11.7 Å². The highest BCUT2D eigenvalue weighted by molar-refractivity contribution is 5.80. The molecule has 2 aromatic carbocycles. The molecule has 3 aromatic rings. The van der Waals surface area contributed by atoms with Crippen molar-refractivity contribution < 1.29 is 28.5 Å². The first-order chi connectivity index (χ1) is 15.4. The van der Waals surface area contributed by atoms with Gasteiger partial charge in [-0.15, -0.1) is 0 Å². The molecule has 0 bridgehead atoms. The van der Waals surface area contributed by atoms with E-state index in [-0.39, 0.29) is 25.3 Å². The number of alkyl halides is 1. The predicted octanol–water partition coefficient (Wildman–Crippen LogP) is 2.89. The van der Waals surface area contributed by atoms with Crippen molar-refractivity contribution in [1.29, 1.82) is 0 Å². The van der Waals surface area contributed by atoms with Gasteiger partial charge in [-0.1, -0.05) is 42.5 Å². The number of hydrogen-bond donors (Lipinski definition) is 3. The lowest BCUT2D eigenvalue weighted by atomic mass is 9.89. The standard InChI is InChI=1S/C24H24F2N2O4/c25-17-10-15-7-6-14(9-19(15)28-22(17)27)8-16-18(26)11-24(20(29)23(30)32-21(16)24)31-12-13-4-2-1-3-5-13/h1-7,9-10,16,18,20-21,23,29-30H,8,11-12H2,(H2,27,28)/t16-,18+,20+,21?,23?,24+/m1/s1. The van der Waals surface area contributed by atoms with Crippen LogP contribution in [0.2, 0.25) is 0 Å². The maximum Gasteiger partial charge on any atom is 0.184 e. The summed E-state index contributed by atoms with van der Waals surface area (Å²) in [4.78, 5) is 4.07. The quantitative estimate of drug-likeness (QED) is 0.562. The number of nitrogens with zero attached hydrogens (tertiary/aromatic N) is 1. The first-order valence-electron chi connectivity index (χ1n) is 10.6. The molecular formula is C24H24F2N2O4. The first-order valence-corrected chi connectivity index (χ1v) is 10.6. The summed E-state index contributed by atoms with van der Waals surface area (Å²) in [6.45, 7) is 0.161. The van der Waals surface area contributed by atoms with E-state index >= 15 is 4.39 Å². The normalized spacial score (nSPS) is 31.8. The summed E-state index contributed by atoms with van der Waals surface area (Å²) < 4.78 is 40.6. The van der Waals surface area contributed by atoms with E-state index in [1.165, 1.54) is 6.07 Å². The number of hydrogen-bond acceptors (Lipinski definition) is 6. The molecule has 5 rings (SSSR count). The number of fused-ring (bicyclic) bond motifs is 2. The summed E-state index contributed by atoms with van der Waals surface area (Å²) in [6, 6.07) is 15.9. The first kappa shape index (κ1) is 21.2. The number of pyridine rings is 1. The van der Waals surface area contributed by atoms with Gasteiger partial charge in [0.25, 0.3) is 0 Å². The molecule has 0 radical (unpaired) electrons. The number of ether oxygens (including phenoxy) is 2. The molecule has 2 unspecified atom stereocenters. The minimum Gasteiger partial charge on any atom is -0.385 e. The van der Waals surface area contributed by atoms with E-state index in [1.54, 1.807) is 18.2 Å². The maximum absolute atomic E-state index is 15.3. The Balaban J connectivity index is 1.41. The van der Waals surface area contributed by atoms with Crippen molar-refractivity contribution in [3.05, 3.63) is 71.5 Å². The Hall–Kier alpha value is -2.65. The van der Waals surface area contributed by atoms with Crippen LogP contribution in [0.4, 0.5) is 14.6 Å². The van der Waals surface area contributed by atoms with Gasteiger partial charge in [0.05, 0.1) is 18.2 Å². The number of aromatic nitrogens is 1. The van der Waals surface area contributed by atoms with E-state index in [4.69, 9.17) is 15.2 Å². The summed E-state index contributed by atoms with van der Waals surface area (Å²) in [5.74, 6) is -1.43. The number of nitrogen functional groups attached to an aromatic ring is 1. The van der Waals surface area contributed by atoms with Gasteiger partial charge in [0.2, 0.25) is 0 Å². The monoisotopic (exact) mass is 442 g/mol. The summed E-state index contributed by atoms with van der Waals surface area (Å²) in [7, 11) is 0. The number of anilines is 1. The van der Waals surface area contributed by atoms with Crippen molar-refractivity contribution >= 4 is 16.7 Å². The summed E-state index contributed by atoms with van der Waals surface area (Å²) in [5.41, 5.74) is 6.38. The molecule has 0 spiro atoms. The number of rotatable bonds is 5. The van der Waals surface area contributed by atoms with Crippen molar-refractivity contribution in [2.75, 3.05) is 5.73 Å². The molecule has 6 atom stereocenters. The van der Waals surface area contributed by atoms with Gasteiger partial charge in [0, 0.05) is 17.7 Å². The molecule has 1 aromatic heterocycles. The molecule has 6 nitrogen and oxygen atoms in total. The van der Waals surface area contributed by atoms with Crippen LogP contribution in [-0.4, -0.2) is 45.5 Å². The molecule has 2 fully saturated rings. The van der Waals surface area contributed by atoms with Crippen molar-refractivity contribution in [3.63, 3.8) is 0 Å². The van der Waals surface area contributed by atoms with Crippen LogP contribution in [-0.2, 0) is 22.5 Å². The summed E-state index contributed by atoms with van der Waals surface area (Å²) in [5, 5.41) is 21.5. The lowest BCUT2D eigenvalue weighted by Crippen LogP contribution is -2.48. The van der Waals surface area contributed by atoms with E-state index < -0.39 is 42.0 Å². The third-order valence-corrected chi connectivity index (χ3v) is 6.59. The molecule has 32 heavy (non-hydrogen) atoms. The zero-order chi connectivity index (χ0) is 22.5. The van der Waals surface area contributed by atoms with Crippen molar-refractivity contribution in [2.24, 2.45) is 5.92 Å². The van der Waals surface area contributed by atoms with Crippen LogP contribution in [0.3, 0.4) is 0 Å². The second-order valence-electron chi connectivity index (χ2n) is 8.59. The zero-order valence-electron chi connectivity index (χ0n) is 17.2. The second-order valence-corrected chi connectivity index (χ2v) is 8.59. The van der Waals surface area contributed by atoms with Crippen molar-refractivity contribution in [1.82, 2.24) is 4.98 Å². The highest BCUT2D eigenvalue weighted by Crippen LogP contribution is 2.50. The third-order valence-electron chi connectivity index (χ3n) is 6.59. The van der Waals surface area contributed by atoms with Crippen LogP contribution in [0.5, 0.6) is 0 Å². The Kier molecular flexibility index (Phi) is 5.33. The van der Waals surface area contributed by atoms with Crippen LogP contribution in [0.1, 0.15) is 17.5 Å². The number of nitrogens with two attached hydrogens (primary N) is 1. The van der Waals surface area contributed by atoms with Crippen LogP contribution >= 0.6 is 0 Å². The second kappa shape index (κ2) is 8.04. The highest BCUT2D eigenvalue weighted by atomic mass is 19.1. The van der Waals surface area contributed by atoms with Crippen molar-refractivity contribution in [2.45, 2.75) is 49.7 Å². The summed E-state index contributed by atoms with van der Waals surface area (Å²) in [6.07, 6.45) is -4.76. The number of benzene rings is 2. The molecule has 1 aliphatic carbocycles. The Morgan fingerprint density at radius 1 is 1.12 bits per heavy atom. The topological polar surface area (TPSA) is 97.8 Å². The van der Waals surface area contributed by atoms with E-state index in [1.807, 2.05) is 30.3 Å².